The van der Waals surface area contributed by atoms with E-state index in [1.54, 1.807) is 18.2 Å². The van der Waals surface area contributed by atoms with E-state index in [1.807, 2.05) is 36.4 Å². The van der Waals surface area contributed by atoms with Gasteiger partial charge in [0.2, 0.25) is 0 Å². The predicted octanol–water partition coefficient (Wildman–Crippen LogP) is 2.75. The van der Waals surface area contributed by atoms with Gasteiger partial charge in [0, 0.05) is 11.6 Å². The monoisotopic (exact) mass is 396 g/mol. The van der Waals surface area contributed by atoms with Gasteiger partial charge in [0.25, 0.3) is 0 Å². The molecule has 4 N–H and O–H groups in total. The smallest absolute Gasteiger partial charge is 0.322 e. The van der Waals surface area contributed by atoms with Crippen molar-refractivity contribution >= 4 is 11.9 Å². The number of carbonyl (C=O) groups is 1. The maximum atomic E-state index is 14.5. The number of aliphatic carboxylic acids is 1. The number of nitrogens with zero attached hydrogens (tertiary/aromatic N) is 2. The summed E-state index contributed by atoms with van der Waals surface area (Å²) < 4.78 is 19.7. The van der Waals surface area contributed by atoms with Crippen LogP contribution in [0, 0.1) is 5.82 Å². The third-order valence-corrected chi connectivity index (χ3v) is 4.22. The summed E-state index contributed by atoms with van der Waals surface area (Å²) in [4.78, 5) is 14.4. The lowest BCUT2D eigenvalue weighted by Gasteiger charge is -2.06. The minimum Gasteiger partial charge on any atom is -0.480 e. The summed E-state index contributed by atoms with van der Waals surface area (Å²) in [6.07, 6.45) is 1.20. The van der Waals surface area contributed by atoms with E-state index in [2.05, 4.69) is 15.5 Å². The minimum absolute atomic E-state index is 0.0133. The molecule has 29 heavy (non-hydrogen) atoms. The number of aliphatic imine (C=N–C) groups is 1. The van der Waals surface area contributed by atoms with Gasteiger partial charge >= 0.3 is 5.97 Å². The summed E-state index contributed by atoms with van der Waals surface area (Å²) in [6.45, 7) is -0.164. The van der Waals surface area contributed by atoms with E-state index in [0.29, 0.717) is 24.2 Å². The van der Waals surface area contributed by atoms with Crippen LogP contribution >= 0.6 is 0 Å². The van der Waals surface area contributed by atoms with Gasteiger partial charge in [-0.05, 0) is 30.0 Å². The molecule has 2 aromatic carbocycles. The van der Waals surface area contributed by atoms with Crippen LogP contribution in [0.1, 0.15) is 17.0 Å². The quantitative estimate of drug-likeness (QED) is 0.399. The largest absolute Gasteiger partial charge is 0.480 e. The number of hydrogen-bond donors (Lipinski definition) is 3. The number of rotatable bonds is 8. The number of nitrogens with one attached hydrogen (secondary N) is 1. The Kier molecular flexibility index (Phi) is 6.57. The molecular weight excluding hydrogens is 375 g/mol. The Morgan fingerprint density at radius 3 is 2.69 bits per heavy atom. The molecule has 0 saturated heterocycles. The molecule has 150 valence electrons. The maximum Gasteiger partial charge on any atom is 0.322 e. The number of halogens is 1. The van der Waals surface area contributed by atoms with Gasteiger partial charge in [-0.2, -0.15) is 0 Å². The lowest BCUT2D eigenvalue weighted by molar-refractivity contribution is -0.135. The number of aryl methyl sites for hydroxylation is 2. The first-order valence-corrected chi connectivity index (χ1v) is 9.05. The van der Waals surface area contributed by atoms with Crippen molar-refractivity contribution < 1.29 is 18.8 Å². The molecule has 0 atom stereocenters. The lowest BCUT2D eigenvalue weighted by atomic mass is 10.0. The molecule has 0 amide bonds. The maximum absolute atomic E-state index is 14.5. The van der Waals surface area contributed by atoms with Gasteiger partial charge in [0.05, 0.1) is 5.69 Å². The molecule has 3 rings (SSSR count). The molecule has 0 radical (unpaired) electrons. The summed E-state index contributed by atoms with van der Waals surface area (Å²) in [5, 5.41) is 15.0. The minimum atomic E-state index is -1.03. The molecule has 3 aromatic rings. The van der Waals surface area contributed by atoms with E-state index in [9.17, 15) is 9.18 Å². The van der Waals surface area contributed by atoms with Crippen LogP contribution in [0.15, 0.2) is 64.1 Å². The van der Waals surface area contributed by atoms with E-state index in [1.165, 1.54) is 0 Å². The molecule has 0 unspecified atom stereocenters. The molecule has 0 fully saturated rings. The van der Waals surface area contributed by atoms with Crippen LogP contribution in [-0.2, 0) is 24.2 Å². The Morgan fingerprint density at radius 2 is 1.97 bits per heavy atom. The lowest BCUT2D eigenvalue weighted by Crippen LogP contribution is -2.35. The highest BCUT2D eigenvalue weighted by atomic mass is 19.1. The fourth-order valence-corrected chi connectivity index (χ4v) is 2.77. The summed E-state index contributed by atoms with van der Waals surface area (Å²) in [6, 6.07) is 16.4. The fourth-order valence-electron chi connectivity index (χ4n) is 2.77. The molecule has 0 bridgehead atoms. The average Bonchev–Trinajstić information content (AvgIpc) is 3.18. The molecule has 0 saturated carbocycles. The van der Waals surface area contributed by atoms with E-state index in [4.69, 9.17) is 15.4 Å². The van der Waals surface area contributed by atoms with Crippen molar-refractivity contribution in [3.8, 4) is 11.1 Å². The van der Waals surface area contributed by atoms with Crippen molar-refractivity contribution in [2.75, 3.05) is 6.54 Å². The Labute approximate surface area is 167 Å². The van der Waals surface area contributed by atoms with Gasteiger partial charge < -0.3 is 20.7 Å². The SMILES string of the molecule is NC(=NCc1cc(CCc2ccc(-c3ccccc3)c(F)c2)no1)NCC(=O)O. The second-order valence-electron chi connectivity index (χ2n) is 6.41. The van der Waals surface area contributed by atoms with Crippen LogP contribution in [0.5, 0.6) is 0 Å². The predicted molar refractivity (Wildman–Crippen MR) is 107 cm³/mol. The van der Waals surface area contributed by atoms with Gasteiger partial charge in [-0.25, -0.2) is 9.38 Å². The highest BCUT2D eigenvalue weighted by Crippen LogP contribution is 2.23. The Hall–Kier alpha value is -3.68. The fraction of sp³-hybridized carbons (Fsp3) is 0.190. The van der Waals surface area contributed by atoms with Crippen LogP contribution in [0.25, 0.3) is 11.1 Å². The number of hydrogen-bond acceptors (Lipinski definition) is 4. The van der Waals surface area contributed by atoms with Crippen LogP contribution < -0.4 is 11.1 Å². The number of guanidine groups is 1. The van der Waals surface area contributed by atoms with Crippen molar-refractivity contribution in [3.05, 3.63) is 77.4 Å². The van der Waals surface area contributed by atoms with Crippen molar-refractivity contribution in [1.29, 1.82) is 0 Å². The Bertz CT molecular complexity index is 1000. The molecule has 0 aliphatic carbocycles. The first kappa shape index (κ1) is 20.1. The third-order valence-electron chi connectivity index (χ3n) is 4.22. The normalized spacial score (nSPS) is 11.4. The van der Waals surface area contributed by atoms with Gasteiger partial charge in [-0.3, -0.25) is 4.79 Å². The molecule has 1 heterocycles. The van der Waals surface area contributed by atoms with Crippen LogP contribution in [0.3, 0.4) is 0 Å². The number of carboxylic acids is 1. The second-order valence-corrected chi connectivity index (χ2v) is 6.41. The Balaban J connectivity index is 1.55. The number of nitrogens with two attached hydrogens (primary N) is 1. The van der Waals surface area contributed by atoms with Gasteiger partial charge in [0.15, 0.2) is 11.7 Å². The van der Waals surface area contributed by atoms with E-state index >= 15 is 0 Å². The number of benzene rings is 2. The zero-order valence-corrected chi connectivity index (χ0v) is 15.6. The van der Waals surface area contributed by atoms with E-state index in [-0.39, 0.29) is 24.9 Å². The first-order valence-electron chi connectivity index (χ1n) is 9.05. The topological polar surface area (TPSA) is 114 Å². The number of carboxylic acid groups (broad SMARTS) is 1. The summed E-state index contributed by atoms with van der Waals surface area (Å²) >= 11 is 0. The molecule has 1 aromatic heterocycles. The molecule has 7 nitrogen and oxygen atoms in total. The summed E-state index contributed by atoms with van der Waals surface area (Å²) in [5.41, 5.74) is 8.56. The molecule has 0 aliphatic heterocycles. The zero-order valence-electron chi connectivity index (χ0n) is 15.6. The standard InChI is InChI=1S/C21H21FN4O3/c22-19-10-14(7-9-18(19)15-4-2-1-3-5-15)6-8-16-11-17(29-26-16)12-24-21(23)25-13-20(27)28/h1-5,7,9-11H,6,8,12-13H2,(H,27,28)(H3,23,24,25). The number of aromatic nitrogens is 1. The highest BCUT2D eigenvalue weighted by molar-refractivity contribution is 5.82. The highest BCUT2D eigenvalue weighted by Gasteiger charge is 2.08. The van der Waals surface area contributed by atoms with Gasteiger partial charge in [-0.15, -0.1) is 0 Å². The van der Waals surface area contributed by atoms with Crippen molar-refractivity contribution in [1.82, 2.24) is 10.5 Å². The van der Waals surface area contributed by atoms with Crippen molar-refractivity contribution in [2.24, 2.45) is 10.7 Å². The van der Waals surface area contributed by atoms with E-state index < -0.39 is 5.97 Å². The summed E-state index contributed by atoms with van der Waals surface area (Å²) in [7, 11) is 0. The van der Waals surface area contributed by atoms with E-state index in [0.717, 1.165) is 16.8 Å². The van der Waals surface area contributed by atoms with Crippen LogP contribution in [0.2, 0.25) is 0 Å². The van der Waals surface area contributed by atoms with Crippen molar-refractivity contribution in [3.63, 3.8) is 0 Å². The molecular formula is C21H21FN4O3. The first-order chi connectivity index (χ1) is 14.0. The molecule has 0 aliphatic rings. The third kappa shape index (κ3) is 5.90. The average molecular weight is 396 g/mol. The van der Waals surface area contributed by atoms with Crippen LogP contribution in [0.4, 0.5) is 4.39 Å². The zero-order chi connectivity index (χ0) is 20.6. The van der Waals surface area contributed by atoms with Gasteiger partial charge in [0.1, 0.15) is 18.9 Å². The second kappa shape index (κ2) is 9.50. The summed E-state index contributed by atoms with van der Waals surface area (Å²) in [5.74, 6) is -0.767. The van der Waals surface area contributed by atoms with Crippen molar-refractivity contribution in [2.45, 2.75) is 19.4 Å². The van der Waals surface area contributed by atoms with Crippen LogP contribution in [-0.4, -0.2) is 28.7 Å². The Morgan fingerprint density at radius 1 is 1.17 bits per heavy atom. The molecule has 0 spiro atoms. The molecule has 8 heteroatoms. The van der Waals surface area contributed by atoms with Gasteiger partial charge in [-0.1, -0.05) is 47.6 Å².